The van der Waals surface area contributed by atoms with Crippen molar-refractivity contribution in [3.63, 3.8) is 0 Å². The van der Waals surface area contributed by atoms with E-state index in [2.05, 4.69) is 4.74 Å². The quantitative estimate of drug-likeness (QED) is 0.554. The average Bonchev–Trinajstić information content (AvgIpc) is 2.89. The third-order valence-corrected chi connectivity index (χ3v) is 4.09. The van der Waals surface area contributed by atoms with Crippen LogP contribution in [0.25, 0.3) is 0 Å². The van der Waals surface area contributed by atoms with Crippen molar-refractivity contribution >= 4 is 17.4 Å². The minimum Gasteiger partial charge on any atom is -0.406 e. The highest BCUT2D eigenvalue weighted by molar-refractivity contribution is 6.44. The molecule has 1 heterocycles. The zero-order valence-electron chi connectivity index (χ0n) is 13.8. The number of hydrogen-bond acceptors (Lipinski definition) is 3. The van der Waals surface area contributed by atoms with E-state index in [-0.39, 0.29) is 17.7 Å². The van der Waals surface area contributed by atoms with Crippen LogP contribution in [0.3, 0.4) is 0 Å². The highest BCUT2D eigenvalue weighted by Gasteiger charge is 2.41. The number of anilines is 1. The van der Waals surface area contributed by atoms with E-state index in [4.69, 9.17) is 0 Å². The van der Waals surface area contributed by atoms with Gasteiger partial charge in [-0.25, -0.2) is 0 Å². The summed E-state index contributed by atoms with van der Waals surface area (Å²) >= 11 is 0. The molecule has 0 N–H and O–H groups in total. The van der Waals surface area contributed by atoms with E-state index in [1.54, 1.807) is 0 Å². The summed E-state index contributed by atoms with van der Waals surface area (Å²) in [6.45, 7) is 0. The molecule has 1 aliphatic heterocycles. The van der Waals surface area contributed by atoms with Crippen molar-refractivity contribution < 1.29 is 40.7 Å². The average molecular weight is 403 g/mol. The molecule has 2 aromatic carbocycles. The first-order valence-corrected chi connectivity index (χ1v) is 7.85. The molecule has 1 atom stereocenters. The molecule has 3 rings (SSSR count). The van der Waals surface area contributed by atoms with Crippen molar-refractivity contribution in [3.05, 3.63) is 59.7 Å². The first-order valence-electron chi connectivity index (χ1n) is 7.85. The van der Waals surface area contributed by atoms with Crippen LogP contribution < -0.4 is 9.64 Å². The maximum Gasteiger partial charge on any atom is 0.573 e. The Morgan fingerprint density at radius 1 is 0.929 bits per heavy atom. The zero-order chi connectivity index (χ0) is 20.7. The smallest absolute Gasteiger partial charge is 0.406 e. The fourth-order valence-electron chi connectivity index (χ4n) is 2.92. The molecule has 0 radical (unpaired) electrons. The number of Topliss-reactive ketones (excluding diaryl/α,β-unsaturated/α-hetero) is 1. The summed E-state index contributed by atoms with van der Waals surface area (Å²) in [5.74, 6) is -2.30. The Bertz CT molecular complexity index is 905. The number of ether oxygens (including phenoxy) is 1. The third kappa shape index (κ3) is 4.10. The lowest BCUT2D eigenvalue weighted by Gasteiger charge is -2.25. The number of halogens is 6. The number of alkyl halides is 6. The van der Waals surface area contributed by atoms with E-state index in [1.165, 1.54) is 6.07 Å². The molecule has 0 aliphatic carbocycles. The molecule has 0 aromatic heterocycles. The van der Waals surface area contributed by atoms with E-state index in [9.17, 15) is 35.9 Å². The standard InChI is InChI=1S/C18H11F6NO3/c19-17(20,21)11-3-1-2-10(8-11)14-9-15(26)16(27)25(14)12-4-6-13(7-5-12)28-18(22,23)24/h1-8,14H,9H2. The monoisotopic (exact) mass is 403 g/mol. The van der Waals surface area contributed by atoms with Gasteiger partial charge in [0.25, 0.3) is 5.91 Å². The summed E-state index contributed by atoms with van der Waals surface area (Å²) in [4.78, 5) is 25.1. The van der Waals surface area contributed by atoms with Gasteiger partial charge >= 0.3 is 12.5 Å². The van der Waals surface area contributed by atoms with Gasteiger partial charge < -0.3 is 4.74 Å². The molecule has 1 aliphatic rings. The van der Waals surface area contributed by atoms with Gasteiger partial charge in [-0.05, 0) is 42.0 Å². The SMILES string of the molecule is O=C1CC(c2cccc(C(F)(F)F)c2)N(c2ccc(OC(F)(F)F)cc2)C1=O. The van der Waals surface area contributed by atoms with Gasteiger partial charge in [0, 0.05) is 12.1 Å². The second kappa shape index (κ2) is 6.84. The van der Waals surface area contributed by atoms with Gasteiger partial charge in [0.2, 0.25) is 5.78 Å². The highest BCUT2D eigenvalue weighted by Crippen LogP contribution is 2.38. The first kappa shape index (κ1) is 19.7. The molecular weight excluding hydrogens is 392 g/mol. The van der Waals surface area contributed by atoms with Crippen LogP contribution in [0.2, 0.25) is 0 Å². The molecule has 4 nitrogen and oxygen atoms in total. The van der Waals surface area contributed by atoms with Gasteiger partial charge in [-0.3, -0.25) is 14.5 Å². The van der Waals surface area contributed by atoms with Crippen molar-refractivity contribution in [1.29, 1.82) is 0 Å². The molecule has 0 spiro atoms. The fraction of sp³-hybridized carbons (Fsp3) is 0.222. The summed E-state index contributed by atoms with van der Waals surface area (Å²) in [5.41, 5.74) is -0.789. The molecule has 0 bridgehead atoms. The Labute approximate surface area is 154 Å². The van der Waals surface area contributed by atoms with Gasteiger partial charge in [-0.2, -0.15) is 13.2 Å². The van der Waals surface area contributed by atoms with Crippen molar-refractivity contribution in [3.8, 4) is 5.75 Å². The fourth-order valence-corrected chi connectivity index (χ4v) is 2.92. The van der Waals surface area contributed by atoms with E-state index in [0.29, 0.717) is 0 Å². The Hall–Kier alpha value is -3.04. The van der Waals surface area contributed by atoms with Crippen LogP contribution in [0.1, 0.15) is 23.6 Å². The Morgan fingerprint density at radius 3 is 2.14 bits per heavy atom. The summed E-state index contributed by atoms with van der Waals surface area (Å²) < 4.78 is 79.4. The molecule has 0 saturated carbocycles. The summed E-state index contributed by atoms with van der Waals surface area (Å²) in [6, 6.07) is 7.33. The van der Waals surface area contributed by atoms with Crippen molar-refractivity contribution in [2.24, 2.45) is 0 Å². The number of nitrogens with zero attached hydrogens (tertiary/aromatic N) is 1. The molecule has 2 aromatic rings. The minimum absolute atomic E-state index is 0.0628. The maximum absolute atomic E-state index is 13.0. The van der Waals surface area contributed by atoms with Crippen LogP contribution in [0.4, 0.5) is 32.0 Å². The summed E-state index contributed by atoms with van der Waals surface area (Å²) in [7, 11) is 0. The van der Waals surface area contributed by atoms with Crippen molar-refractivity contribution in [1.82, 2.24) is 0 Å². The Kier molecular flexibility index (Phi) is 4.82. The molecule has 148 valence electrons. The van der Waals surface area contributed by atoms with E-state index < -0.39 is 41.6 Å². The molecule has 1 fully saturated rings. The molecule has 28 heavy (non-hydrogen) atoms. The van der Waals surface area contributed by atoms with Gasteiger partial charge in [0.1, 0.15) is 5.75 Å². The second-order valence-corrected chi connectivity index (χ2v) is 5.98. The zero-order valence-corrected chi connectivity index (χ0v) is 13.8. The first-order chi connectivity index (χ1) is 13.0. The van der Waals surface area contributed by atoms with Crippen LogP contribution in [-0.2, 0) is 15.8 Å². The van der Waals surface area contributed by atoms with E-state index in [0.717, 1.165) is 47.4 Å². The van der Waals surface area contributed by atoms with Gasteiger partial charge in [-0.1, -0.05) is 12.1 Å². The number of ketones is 1. The van der Waals surface area contributed by atoms with Gasteiger partial charge in [-0.15, -0.1) is 13.2 Å². The third-order valence-electron chi connectivity index (χ3n) is 4.09. The highest BCUT2D eigenvalue weighted by atomic mass is 19.4. The Morgan fingerprint density at radius 2 is 1.57 bits per heavy atom. The lowest BCUT2D eigenvalue weighted by Crippen LogP contribution is -2.29. The molecule has 1 saturated heterocycles. The Balaban J connectivity index is 1.95. The number of benzene rings is 2. The lowest BCUT2D eigenvalue weighted by atomic mass is 10.0. The number of carbonyl (C=O) groups excluding carboxylic acids is 2. The van der Waals surface area contributed by atoms with Crippen molar-refractivity contribution in [2.45, 2.75) is 25.0 Å². The van der Waals surface area contributed by atoms with Crippen LogP contribution in [0, 0.1) is 0 Å². The number of hydrogen-bond donors (Lipinski definition) is 0. The maximum atomic E-state index is 13.0. The topological polar surface area (TPSA) is 46.6 Å². The predicted octanol–water partition coefficient (Wildman–Crippen LogP) is 4.65. The summed E-state index contributed by atoms with van der Waals surface area (Å²) in [6.07, 6.45) is -9.85. The van der Waals surface area contributed by atoms with Crippen LogP contribution in [0.5, 0.6) is 5.75 Å². The van der Waals surface area contributed by atoms with E-state index in [1.807, 2.05) is 0 Å². The van der Waals surface area contributed by atoms with Crippen molar-refractivity contribution in [2.75, 3.05) is 4.90 Å². The predicted molar refractivity (Wildman–Crippen MR) is 84.4 cm³/mol. The number of carbonyl (C=O) groups is 2. The normalized spacial score (nSPS) is 17.9. The lowest BCUT2D eigenvalue weighted by molar-refractivity contribution is -0.274. The molecule has 10 heteroatoms. The number of rotatable bonds is 3. The minimum atomic E-state index is -4.90. The van der Waals surface area contributed by atoms with Crippen LogP contribution in [-0.4, -0.2) is 18.1 Å². The molecule has 1 unspecified atom stereocenters. The summed E-state index contributed by atoms with van der Waals surface area (Å²) in [5, 5.41) is 0. The van der Waals surface area contributed by atoms with E-state index >= 15 is 0 Å². The van der Waals surface area contributed by atoms with Gasteiger partial charge in [0.05, 0.1) is 11.6 Å². The molecule has 1 amide bonds. The number of amides is 1. The largest absolute Gasteiger partial charge is 0.573 e. The van der Waals surface area contributed by atoms with Crippen LogP contribution in [0.15, 0.2) is 48.5 Å². The van der Waals surface area contributed by atoms with Gasteiger partial charge in [0.15, 0.2) is 0 Å². The molecular formula is C18H11F6NO3. The second-order valence-electron chi connectivity index (χ2n) is 5.98. The van der Waals surface area contributed by atoms with Crippen LogP contribution >= 0.6 is 0 Å².